The fraction of sp³-hybridized carbons (Fsp3) is 0.692. The standard InChI is InChI=1S/C26H40O3.H3OP/c1-5-6-7-8-9-13-16-29-26(28)24(22-14-11-10-12-15-22)25(27)23-20(3)17-19(2)18-21(23)4;1-2/h17-18,22,24H,5-16H2,1-4H3;2H3. The molecule has 0 spiro atoms. The fourth-order valence-corrected chi connectivity index (χ4v) is 4.85. The Hall–Kier alpha value is -1.41. The minimum Gasteiger partial charge on any atom is -0.465 e. The number of carbonyl (C=O) groups is 2. The van der Waals surface area contributed by atoms with Crippen LogP contribution in [0.15, 0.2) is 12.1 Å². The van der Waals surface area contributed by atoms with E-state index in [1.54, 1.807) is 0 Å². The summed E-state index contributed by atoms with van der Waals surface area (Å²) in [4.78, 5) is 26.6. The van der Waals surface area contributed by atoms with Gasteiger partial charge in [-0.15, -0.1) is 0 Å². The van der Waals surface area contributed by atoms with Crippen LogP contribution in [0.2, 0.25) is 0 Å². The molecule has 1 aliphatic rings. The smallest absolute Gasteiger partial charge is 0.317 e. The lowest BCUT2D eigenvalue weighted by molar-refractivity contribution is -0.149. The number of ether oxygens (including phenoxy) is 1. The first-order valence-corrected chi connectivity index (χ1v) is 12.6. The summed E-state index contributed by atoms with van der Waals surface area (Å²) in [7, 11) is 0.611. The maximum atomic E-state index is 13.5. The first kappa shape index (κ1) is 27.6. The molecule has 31 heavy (non-hydrogen) atoms. The molecule has 176 valence electrons. The predicted octanol–water partition coefficient (Wildman–Crippen LogP) is 6.83. The quantitative estimate of drug-likeness (QED) is 0.122. The van der Waals surface area contributed by atoms with E-state index in [0.717, 1.165) is 60.8 Å². The molecule has 0 N–H and O–H groups in total. The number of rotatable bonds is 11. The van der Waals surface area contributed by atoms with Crippen LogP contribution in [-0.4, -0.2) is 18.4 Å². The number of aryl methyl sites for hydroxylation is 3. The van der Waals surface area contributed by atoms with Crippen molar-refractivity contribution in [1.29, 1.82) is 0 Å². The molecule has 1 aromatic carbocycles. The Morgan fingerprint density at radius 3 is 2.06 bits per heavy atom. The SMILES string of the molecule is CCCCCCCCOC(=O)C(C(=O)c1c(C)cc(C)cc1C)C1CCCCC1.O=[PH3]. The Morgan fingerprint density at radius 2 is 1.48 bits per heavy atom. The highest BCUT2D eigenvalue weighted by atomic mass is 31.0. The minimum absolute atomic E-state index is 0.0279. The summed E-state index contributed by atoms with van der Waals surface area (Å²) in [5, 5.41) is 0. The molecule has 1 aromatic rings. The van der Waals surface area contributed by atoms with Gasteiger partial charge in [0.1, 0.15) is 5.92 Å². The highest BCUT2D eigenvalue weighted by Gasteiger charge is 2.38. The van der Waals surface area contributed by atoms with Gasteiger partial charge in [-0.3, -0.25) is 9.59 Å². The Bertz CT molecular complexity index is 672. The molecule has 0 bridgehead atoms. The van der Waals surface area contributed by atoms with Crippen molar-refractivity contribution in [2.24, 2.45) is 11.8 Å². The van der Waals surface area contributed by atoms with E-state index in [-0.39, 0.29) is 17.7 Å². The van der Waals surface area contributed by atoms with Crippen LogP contribution in [0.4, 0.5) is 0 Å². The second kappa shape index (κ2) is 15.4. The van der Waals surface area contributed by atoms with E-state index in [1.165, 1.54) is 32.1 Å². The Balaban J connectivity index is 0.00000233. The van der Waals surface area contributed by atoms with E-state index in [0.29, 0.717) is 15.7 Å². The van der Waals surface area contributed by atoms with E-state index >= 15 is 0 Å². The first-order valence-electron chi connectivity index (χ1n) is 12.0. The molecule has 4 nitrogen and oxygen atoms in total. The Labute approximate surface area is 191 Å². The molecule has 0 heterocycles. The highest BCUT2D eigenvalue weighted by molar-refractivity contribution is 7.00. The number of unbranched alkanes of at least 4 members (excludes halogenated alkanes) is 5. The van der Waals surface area contributed by atoms with Crippen molar-refractivity contribution in [2.75, 3.05) is 6.61 Å². The van der Waals surface area contributed by atoms with Crippen LogP contribution in [0.5, 0.6) is 0 Å². The van der Waals surface area contributed by atoms with E-state index < -0.39 is 5.92 Å². The molecule has 0 aromatic heterocycles. The van der Waals surface area contributed by atoms with Gasteiger partial charge in [0.15, 0.2) is 5.78 Å². The second-order valence-corrected chi connectivity index (χ2v) is 8.95. The molecule has 1 saturated carbocycles. The van der Waals surface area contributed by atoms with Gasteiger partial charge in [0.05, 0.1) is 15.7 Å². The molecule has 0 aliphatic heterocycles. The molecule has 0 saturated heterocycles. The molecular weight excluding hydrogens is 407 g/mol. The van der Waals surface area contributed by atoms with E-state index in [9.17, 15) is 9.59 Å². The minimum atomic E-state index is -0.643. The molecule has 5 heteroatoms. The summed E-state index contributed by atoms with van der Waals surface area (Å²) in [5.41, 5.74) is 3.81. The van der Waals surface area contributed by atoms with Crippen LogP contribution in [0.3, 0.4) is 0 Å². The van der Waals surface area contributed by atoms with Crippen LogP contribution in [0, 0.1) is 32.6 Å². The van der Waals surface area contributed by atoms with E-state index in [2.05, 4.69) is 6.92 Å². The predicted molar refractivity (Wildman–Crippen MR) is 131 cm³/mol. The first-order chi connectivity index (χ1) is 15.0. The number of carbonyl (C=O) groups excluding carboxylic acids is 2. The highest BCUT2D eigenvalue weighted by Crippen LogP contribution is 2.34. The van der Waals surface area contributed by atoms with Crippen LogP contribution in [0.25, 0.3) is 0 Å². The maximum absolute atomic E-state index is 13.5. The molecule has 2 atom stereocenters. The molecule has 1 fully saturated rings. The van der Waals surface area contributed by atoms with Crippen LogP contribution in [-0.2, 0) is 14.1 Å². The molecule has 2 rings (SSSR count). The van der Waals surface area contributed by atoms with Crippen molar-refractivity contribution in [1.82, 2.24) is 0 Å². The average molecular weight is 451 g/mol. The lowest BCUT2D eigenvalue weighted by Crippen LogP contribution is -2.35. The van der Waals surface area contributed by atoms with Gasteiger partial charge in [-0.25, -0.2) is 0 Å². The van der Waals surface area contributed by atoms with Gasteiger partial charge in [0.2, 0.25) is 0 Å². The number of hydrogen-bond donors (Lipinski definition) is 0. The van der Waals surface area contributed by atoms with Gasteiger partial charge in [-0.2, -0.15) is 0 Å². The number of benzene rings is 1. The van der Waals surface area contributed by atoms with Gasteiger partial charge in [0, 0.05) is 5.56 Å². The van der Waals surface area contributed by atoms with Crippen LogP contribution in [0.1, 0.15) is 105 Å². The number of esters is 1. The Kier molecular flexibility index (Phi) is 13.7. The lowest BCUT2D eigenvalue weighted by Gasteiger charge is -2.28. The van der Waals surface area contributed by atoms with Crippen LogP contribution < -0.4 is 0 Å². The fourth-order valence-electron chi connectivity index (χ4n) is 4.85. The third-order valence-corrected chi connectivity index (χ3v) is 6.32. The van der Waals surface area contributed by atoms with Crippen molar-refractivity contribution in [3.63, 3.8) is 0 Å². The maximum Gasteiger partial charge on any atom is 0.317 e. The lowest BCUT2D eigenvalue weighted by atomic mass is 9.75. The molecule has 0 radical (unpaired) electrons. The number of hydrogen-bond acceptors (Lipinski definition) is 4. The van der Waals surface area contributed by atoms with Gasteiger partial charge in [0.25, 0.3) is 0 Å². The summed E-state index contributed by atoms with van der Waals surface area (Å²) in [6, 6.07) is 4.08. The van der Waals surface area contributed by atoms with Crippen LogP contribution >= 0.6 is 9.12 Å². The van der Waals surface area contributed by atoms with Crippen molar-refractivity contribution in [2.45, 2.75) is 98.3 Å². The third kappa shape index (κ3) is 8.93. The molecular formula is C26H43O4P. The topological polar surface area (TPSA) is 60.4 Å². The number of Topliss-reactive ketones (excluding diaryl/α,β-unsaturated/α-hetero) is 1. The van der Waals surface area contributed by atoms with E-state index in [4.69, 9.17) is 9.30 Å². The summed E-state index contributed by atoms with van der Waals surface area (Å²) < 4.78 is 13.9. The van der Waals surface area contributed by atoms with Gasteiger partial charge >= 0.3 is 5.97 Å². The monoisotopic (exact) mass is 450 g/mol. The van der Waals surface area contributed by atoms with Gasteiger partial charge in [-0.1, -0.05) is 76.0 Å². The number of ketones is 1. The molecule has 2 unspecified atom stereocenters. The van der Waals surface area contributed by atoms with Crippen molar-refractivity contribution < 1.29 is 18.9 Å². The van der Waals surface area contributed by atoms with Crippen molar-refractivity contribution in [3.05, 3.63) is 34.4 Å². The molecule has 0 amide bonds. The van der Waals surface area contributed by atoms with Crippen molar-refractivity contribution in [3.8, 4) is 0 Å². The molecule has 1 aliphatic carbocycles. The zero-order valence-electron chi connectivity index (χ0n) is 20.1. The summed E-state index contributed by atoms with van der Waals surface area (Å²) in [6.07, 6.45) is 12.2. The van der Waals surface area contributed by atoms with Gasteiger partial charge < -0.3 is 9.30 Å². The van der Waals surface area contributed by atoms with Crippen molar-refractivity contribution >= 4 is 20.9 Å². The second-order valence-electron chi connectivity index (χ2n) is 8.95. The summed E-state index contributed by atoms with van der Waals surface area (Å²) in [6.45, 7) is 8.65. The largest absolute Gasteiger partial charge is 0.465 e. The van der Waals surface area contributed by atoms with E-state index in [1.807, 2.05) is 32.9 Å². The average Bonchev–Trinajstić information content (AvgIpc) is 2.75. The Morgan fingerprint density at radius 1 is 0.935 bits per heavy atom. The normalized spacial score (nSPS) is 15.1. The summed E-state index contributed by atoms with van der Waals surface area (Å²) in [5.74, 6) is -0.849. The zero-order valence-corrected chi connectivity index (χ0v) is 21.5. The zero-order chi connectivity index (χ0) is 23.2. The van der Waals surface area contributed by atoms with Gasteiger partial charge in [-0.05, 0) is 57.1 Å². The third-order valence-electron chi connectivity index (χ3n) is 6.32. The summed E-state index contributed by atoms with van der Waals surface area (Å²) >= 11 is 0.